The van der Waals surface area contributed by atoms with Crippen molar-refractivity contribution in [3.05, 3.63) is 24.3 Å². The molecule has 0 atom stereocenters. The maximum Gasteiger partial charge on any atom is 0.397 e. The topological polar surface area (TPSA) is 66.6 Å². The fourth-order valence-electron chi connectivity index (χ4n) is 1.48. The third-order valence-electron chi connectivity index (χ3n) is 2.20. The largest absolute Gasteiger partial charge is 0.397 e. The molecule has 0 aliphatic heterocycles. The second-order valence-corrected chi connectivity index (χ2v) is 3.62. The molecule has 0 aromatic heterocycles. The van der Waals surface area contributed by atoms with Crippen molar-refractivity contribution in [2.75, 3.05) is 23.8 Å². The van der Waals surface area contributed by atoms with Crippen LogP contribution in [0.15, 0.2) is 24.3 Å². The number of carbonyl (C=O) groups is 1. The Balaban J connectivity index is 2.96. The molecule has 0 bridgehead atoms. The normalized spacial score (nSPS) is 11.3. The van der Waals surface area contributed by atoms with Crippen LogP contribution < -0.4 is 10.6 Å². The van der Waals surface area contributed by atoms with E-state index in [-0.39, 0.29) is 17.9 Å². The highest BCUT2D eigenvalue weighted by atomic mass is 19.4. The van der Waals surface area contributed by atoms with Gasteiger partial charge in [-0.1, -0.05) is 12.1 Å². The van der Waals surface area contributed by atoms with Gasteiger partial charge in [0.2, 0.25) is 5.91 Å². The second-order valence-electron chi connectivity index (χ2n) is 3.62. The maximum absolute atomic E-state index is 12.2. The third kappa shape index (κ3) is 3.92. The molecule has 4 nitrogen and oxygen atoms in total. The molecule has 0 saturated carbocycles. The van der Waals surface area contributed by atoms with Crippen LogP contribution in [0.5, 0.6) is 0 Å². The smallest absolute Gasteiger partial charge is 0.397 e. The summed E-state index contributed by atoms with van der Waals surface area (Å²) in [4.78, 5) is 12.4. The van der Waals surface area contributed by atoms with Gasteiger partial charge in [-0.2, -0.15) is 13.2 Å². The maximum atomic E-state index is 12.2. The van der Waals surface area contributed by atoms with Crippen molar-refractivity contribution in [3.63, 3.8) is 0 Å². The Morgan fingerprint density at radius 1 is 1.33 bits per heavy atom. The number of anilines is 2. The Hall–Kier alpha value is -1.76. The minimum absolute atomic E-state index is 0.167. The molecular formula is C11H13F3N2O2. The molecule has 18 heavy (non-hydrogen) atoms. The van der Waals surface area contributed by atoms with E-state index in [0.29, 0.717) is 0 Å². The summed E-state index contributed by atoms with van der Waals surface area (Å²) < 4.78 is 36.5. The van der Waals surface area contributed by atoms with Crippen LogP contribution in [0.3, 0.4) is 0 Å². The highest BCUT2D eigenvalue weighted by Gasteiger charge is 2.34. The van der Waals surface area contributed by atoms with Crippen molar-refractivity contribution in [3.8, 4) is 0 Å². The van der Waals surface area contributed by atoms with Crippen LogP contribution in [0.1, 0.15) is 6.42 Å². The van der Waals surface area contributed by atoms with Crippen LogP contribution in [0, 0.1) is 0 Å². The first-order valence-electron chi connectivity index (χ1n) is 5.17. The zero-order valence-corrected chi connectivity index (χ0v) is 9.44. The number of para-hydroxylation sites is 2. The average Bonchev–Trinajstić information content (AvgIpc) is 2.24. The standard InChI is InChI=1S/C11H13F3N2O2/c12-11(13,14)7-10(18)16(5-6-17)9-4-2-1-3-8(9)15/h1-4,17H,5-7,15H2. The van der Waals surface area contributed by atoms with Crippen LogP contribution in [0.4, 0.5) is 24.5 Å². The summed E-state index contributed by atoms with van der Waals surface area (Å²) in [6.07, 6.45) is -6.17. The molecule has 0 fully saturated rings. The number of alkyl halides is 3. The van der Waals surface area contributed by atoms with E-state index >= 15 is 0 Å². The molecule has 1 aromatic rings. The van der Waals surface area contributed by atoms with Gasteiger partial charge in [-0.25, -0.2) is 0 Å². The number of aliphatic hydroxyl groups is 1. The number of nitrogens with two attached hydrogens (primary N) is 1. The lowest BCUT2D eigenvalue weighted by Crippen LogP contribution is -2.36. The summed E-state index contributed by atoms with van der Waals surface area (Å²) in [5.74, 6) is -1.14. The first kappa shape index (κ1) is 14.3. The van der Waals surface area contributed by atoms with Crippen molar-refractivity contribution >= 4 is 17.3 Å². The van der Waals surface area contributed by atoms with Crippen LogP contribution in [0.25, 0.3) is 0 Å². The summed E-state index contributed by atoms with van der Waals surface area (Å²) in [5, 5.41) is 8.82. The number of rotatable bonds is 4. The van der Waals surface area contributed by atoms with Gasteiger partial charge in [-0.3, -0.25) is 4.79 Å². The number of nitrogens with zero attached hydrogens (tertiary/aromatic N) is 1. The van der Waals surface area contributed by atoms with Crippen LogP contribution in [-0.4, -0.2) is 30.3 Å². The van der Waals surface area contributed by atoms with E-state index in [1.165, 1.54) is 12.1 Å². The number of hydrogen-bond donors (Lipinski definition) is 2. The predicted molar refractivity (Wildman–Crippen MR) is 61.0 cm³/mol. The number of aliphatic hydroxyl groups excluding tert-OH is 1. The molecule has 1 rings (SSSR count). The van der Waals surface area contributed by atoms with E-state index in [4.69, 9.17) is 10.8 Å². The molecule has 1 aromatic carbocycles. The highest BCUT2D eigenvalue weighted by molar-refractivity contribution is 5.96. The highest BCUT2D eigenvalue weighted by Crippen LogP contribution is 2.26. The van der Waals surface area contributed by atoms with E-state index < -0.39 is 25.1 Å². The van der Waals surface area contributed by atoms with E-state index in [1.807, 2.05) is 0 Å². The molecule has 0 radical (unpaired) electrons. The molecule has 0 unspecified atom stereocenters. The van der Waals surface area contributed by atoms with E-state index in [9.17, 15) is 18.0 Å². The molecule has 7 heteroatoms. The lowest BCUT2D eigenvalue weighted by molar-refractivity contribution is -0.152. The quantitative estimate of drug-likeness (QED) is 0.809. The molecule has 0 saturated heterocycles. The minimum atomic E-state index is -4.59. The molecule has 0 aliphatic rings. The number of halogens is 3. The van der Waals surface area contributed by atoms with E-state index in [1.54, 1.807) is 12.1 Å². The SMILES string of the molecule is Nc1ccccc1N(CCO)C(=O)CC(F)(F)F. The number of hydrogen-bond acceptors (Lipinski definition) is 3. The van der Waals surface area contributed by atoms with Crippen LogP contribution >= 0.6 is 0 Å². The minimum Gasteiger partial charge on any atom is -0.397 e. The van der Waals surface area contributed by atoms with Gasteiger partial charge in [0.1, 0.15) is 6.42 Å². The van der Waals surface area contributed by atoms with Gasteiger partial charge in [0.25, 0.3) is 0 Å². The molecule has 0 aliphatic carbocycles. The molecule has 1 amide bonds. The van der Waals surface area contributed by atoms with Crippen LogP contribution in [0.2, 0.25) is 0 Å². The average molecular weight is 262 g/mol. The Kier molecular flexibility index (Phi) is 4.55. The molecule has 3 N–H and O–H groups in total. The molecule has 0 spiro atoms. The number of benzene rings is 1. The fraction of sp³-hybridized carbons (Fsp3) is 0.364. The van der Waals surface area contributed by atoms with Crippen molar-refractivity contribution in [1.82, 2.24) is 0 Å². The van der Waals surface area contributed by atoms with Crippen molar-refractivity contribution in [1.29, 1.82) is 0 Å². The number of carbonyl (C=O) groups excluding carboxylic acids is 1. The lowest BCUT2D eigenvalue weighted by Gasteiger charge is -2.23. The molecular weight excluding hydrogens is 249 g/mol. The third-order valence-corrected chi connectivity index (χ3v) is 2.20. The monoisotopic (exact) mass is 262 g/mol. The number of amides is 1. The van der Waals surface area contributed by atoms with E-state index in [0.717, 1.165) is 4.90 Å². The van der Waals surface area contributed by atoms with Crippen molar-refractivity contribution in [2.24, 2.45) is 0 Å². The zero-order valence-electron chi connectivity index (χ0n) is 9.44. The van der Waals surface area contributed by atoms with Gasteiger partial charge in [0.05, 0.1) is 18.0 Å². The zero-order chi connectivity index (χ0) is 13.8. The molecule has 0 heterocycles. The summed E-state index contributed by atoms with van der Waals surface area (Å²) >= 11 is 0. The van der Waals surface area contributed by atoms with Crippen molar-refractivity contribution in [2.45, 2.75) is 12.6 Å². The number of nitrogen functional groups attached to an aromatic ring is 1. The summed E-state index contributed by atoms with van der Waals surface area (Å²) in [6.45, 7) is -0.680. The summed E-state index contributed by atoms with van der Waals surface area (Å²) in [6, 6.07) is 6.06. The van der Waals surface area contributed by atoms with Gasteiger partial charge in [0, 0.05) is 6.54 Å². The predicted octanol–water partition coefficient (Wildman–Crippen LogP) is 1.55. The lowest BCUT2D eigenvalue weighted by atomic mass is 10.2. The van der Waals surface area contributed by atoms with Gasteiger partial charge < -0.3 is 15.7 Å². The van der Waals surface area contributed by atoms with Gasteiger partial charge >= 0.3 is 6.18 Å². The van der Waals surface area contributed by atoms with Gasteiger partial charge in [-0.05, 0) is 12.1 Å². The van der Waals surface area contributed by atoms with Crippen molar-refractivity contribution < 1.29 is 23.1 Å². The first-order valence-corrected chi connectivity index (χ1v) is 5.17. The Labute approximate surface area is 102 Å². The summed E-state index contributed by atoms with van der Waals surface area (Å²) in [5.41, 5.74) is 5.95. The fourth-order valence-corrected chi connectivity index (χ4v) is 1.48. The Morgan fingerprint density at radius 2 is 1.94 bits per heavy atom. The Morgan fingerprint density at radius 3 is 2.44 bits per heavy atom. The summed E-state index contributed by atoms with van der Waals surface area (Å²) in [7, 11) is 0. The second kappa shape index (κ2) is 5.72. The molecule has 100 valence electrons. The van der Waals surface area contributed by atoms with Gasteiger partial charge in [0.15, 0.2) is 0 Å². The van der Waals surface area contributed by atoms with Crippen LogP contribution in [-0.2, 0) is 4.79 Å². The van der Waals surface area contributed by atoms with E-state index in [2.05, 4.69) is 0 Å². The first-order chi connectivity index (χ1) is 8.35. The Bertz CT molecular complexity index is 421. The van der Waals surface area contributed by atoms with Gasteiger partial charge in [-0.15, -0.1) is 0 Å².